The quantitative estimate of drug-likeness (QED) is 0.173. The Morgan fingerprint density at radius 1 is 0.362 bits per heavy atom. The van der Waals surface area contributed by atoms with Crippen molar-refractivity contribution in [3.05, 3.63) is 180 Å². The number of hydrogen-bond donors (Lipinski definition) is 0. The largest absolute Gasteiger partial charge is 0.309 e. The van der Waals surface area contributed by atoms with Crippen LogP contribution in [0.1, 0.15) is 22.3 Å². The lowest BCUT2D eigenvalue weighted by atomic mass is 9.95. The van der Waals surface area contributed by atoms with Gasteiger partial charge in [0.05, 0.1) is 80.0 Å². The summed E-state index contributed by atoms with van der Waals surface area (Å²) in [6, 6.07) is 59.9. The molecule has 266 valence electrons. The topological polar surface area (TPSA) is 131 Å². The van der Waals surface area contributed by atoms with Gasteiger partial charge in [0, 0.05) is 49.6 Å². The Labute approximate surface area is 332 Å². The van der Waals surface area contributed by atoms with Gasteiger partial charge in [0.25, 0.3) is 0 Å². The number of benzene rings is 7. The van der Waals surface area contributed by atoms with Crippen LogP contribution >= 0.6 is 0 Å². The molecule has 0 radical (unpaired) electrons. The minimum absolute atomic E-state index is 0.232. The van der Waals surface area contributed by atoms with E-state index in [4.69, 9.17) is 9.97 Å². The van der Waals surface area contributed by atoms with Gasteiger partial charge in [-0.25, -0.2) is 9.97 Å². The fraction of sp³-hybridized carbons (Fsp3) is 0. The summed E-state index contributed by atoms with van der Waals surface area (Å²) in [7, 11) is 0. The number of para-hydroxylation sites is 3. The highest BCUT2D eigenvalue weighted by atomic mass is 15.0. The molecule has 8 heteroatoms. The van der Waals surface area contributed by atoms with Gasteiger partial charge in [0.15, 0.2) is 5.82 Å². The molecular formula is C50H26N8. The summed E-state index contributed by atoms with van der Waals surface area (Å²) in [5.41, 5.74) is 9.08. The van der Waals surface area contributed by atoms with E-state index in [1.807, 2.05) is 24.3 Å². The molecule has 0 aliphatic heterocycles. The van der Waals surface area contributed by atoms with Crippen LogP contribution in [0.15, 0.2) is 158 Å². The van der Waals surface area contributed by atoms with E-state index in [0.29, 0.717) is 44.9 Å². The van der Waals surface area contributed by atoms with Crippen LogP contribution in [0.4, 0.5) is 0 Å². The predicted octanol–water partition coefficient (Wildman–Crippen LogP) is 11.2. The lowest BCUT2D eigenvalue weighted by Crippen LogP contribution is -2.03. The van der Waals surface area contributed by atoms with E-state index in [1.165, 1.54) is 10.8 Å². The van der Waals surface area contributed by atoms with E-state index in [1.54, 1.807) is 60.7 Å². The van der Waals surface area contributed by atoms with Gasteiger partial charge in [0.1, 0.15) is 0 Å². The highest BCUT2D eigenvalue weighted by molar-refractivity contribution is 6.12. The van der Waals surface area contributed by atoms with Gasteiger partial charge >= 0.3 is 0 Å². The van der Waals surface area contributed by atoms with Crippen LogP contribution in [0.2, 0.25) is 0 Å². The van der Waals surface area contributed by atoms with Crippen LogP contribution < -0.4 is 0 Å². The van der Waals surface area contributed by atoms with Crippen molar-refractivity contribution in [2.45, 2.75) is 0 Å². The molecular weight excluding hydrogens is 713 g/mol. The highest BCUT2D eigenvalue weighted by Gasteiger charge is 2.22. The number of hydrogen-bond acceptors (Lipinski definition) is 6. The van der Waals surface area contributed by atoms with E-state index in [2.05, 4.69) is 106 Å². The number of nitrogens with zero attached hydrogens (tertiary/aromatic N) is 8. The maximum Gasteiger partial charge on any atom is 0.161 e. The molecule has 0 bridgehead atoms. The predicted molar refractivity (Wildman–Crippen MR) is 226 cm³/mol. The zero-order valence-corrected chi connectivity index (χ0v) is 30.6. The van der Waals surface area contributed by atoms with E-state index in [9.17, 15) is 21.0 Å². The number of rotatable bonds is 5. The van der Waals surface area contributed by atoms with Crippen LogP contribution in [0.25, 0.3) is 88.9 Å². The Balaban J connectivity index is 1.20. The summed E-state index contributed by atoms with van der Waals surface area (Å²) in [6.45, 7) is 0. The minimum Gasteiger partial charge on any atom is -0.309 e. The zero-order valence-electron chi connectivity index (χ0n) is 30.6. The SMILES string of the molecule is N#Cc1ccccc1-c1cc(-c2c(C#N)cc(-n3c4ccccc4c4cc(-n5c6ccccc6c6ccccc65)ccc43)cc2C#N)nc(-c2ccccc2C#N)n1. The Morgan fingerprint density at radius 3 is 1.40 bits per heavy atom. The molecule has 0 atom stereocenters. The molecule has 0 saturated heterocycles. The van der Waals surface area contributed by atoms with Crippen LogP contribution in [0.3, 0.4) is 0 Å². The summed E-state index contributed by atoms with van der Waals surface area (Å²) in [5, 5.41) is 46.0. The summed E-state index contributed by atoms with van der Waals surface area (Å²) >= 11 is 0. The third-order valence-corrected chi connectivity index (χ3v) is 10.7. The van der Waals surface area contributed by atoms with Gasteiger partial charge in [-0.1, -0.05) is 84.9 Å². The Morgan fingerprint density at radius 2 is 0.810 bits per heavy atom. The molecule has 0 fully saturated rings. The summed E-state index contributed by atoms with van der Waals surface area (Å²) in [6.07, 6.45) is 0. The monoisotopic (exact) mass is 738 g/mol. The van der Waals surface area contributed by atoms with Gasteiger partial charge in [-0.2, -0.15) is 21.0 Å². The Hall–Kier alpha value is -8.82. The molecule has 3 heterocycles. The van der Waals surface area contributed by atoms with Crippen molar-refractivity contribution >= 4 is 43.6 Å². The molecule has 0 amide bonds. The van der Waals surface area contributed by atoms with Crippen molar-refractivity contribution in [1.82, 2.24) is 19.1 Å². The molecule has 0 N–H and O–H groups in total. The van der Waals surface area contributed by atoms with Gasteiger partial charge in [-0.05, 0) is 72.8 Å². The molecule has 8 nitrogen and oxygen atoms in total. The van der Waals surface area contributed by atoms with E-state index < -0.39 is 0 Å². The molecule has 3 aromatic heterocycles. The summed E-state index contributed by atoms with van der Waals surface area (Å²) < 4.78 is 4.38. The second-order valence-corrected chi connectivity index (χ2v) is 13.8. The first-order valence-electron chi connectivity index (χ1n) is 18.5. The molecule has 0 unspecified atom stereocenters. The maximum absolute atomic E-state index is 10.8. The molecule has 10 aromatic rings. The number of aromatic nitrogens is 4. The third kappa shape index (κ3) is 5.19. The molecule has 10 rings (SSSR count). The average molecular weight is 739 g/mol. The van der Waals surface area contributed by atoms with Crippen molar-refractivity contribution < 1.29 is 0 Å². The average Bonchev–Trinajstić information content (AvgIpc) is 3.81. The van der Waals surface area contributed by atoms with Crippen LogP contribution in [0.5, 0.6) is 0 Å². The van der Waals surface area contributed by atoms with Crippen molar-refractivity contribution in [1.29, 1.82) is 21.0 Å². The van der Waals surface area contributed by atoms with Gasteiger partial charge < -0.3 is 9.13 Å². The van der Waals surface area contributed by atoms with Crippen LogP contribution in [0, 0.1) is 45.3 Å². The molecule has 0 aliphatic rings. The number of fused-ring (bicyclic) bond motifs is 6. The van der Waals surface area contributed by atoms with Gasteiger partial charge in [-0.3, -0.25) is 0 Å². The highest BCUT2D eigenvalue weighted by Crippen LogP contribution is 2.39. The fourth-order valence-electron chi connectivity index (χ4n) is 8.20. The fourth-order valence-corrected chi connectivity index (χ4v) is 8.20. The van der Waals surface area contributed by atoms with Crippen molar-refractivity contribution in [3.8, 4) is 69.6 Å². The number of nitriles is 4. The lowest BCUT2D eigenvalue weighted by molar-refractivity contribution is 1.15. The zero-order chi connectivity index (χ0) is 39.3. The molecule has 0 saturated carbocycles. The van der Waals surface area contributed by atoms with Crippen LogP contribution in [-0.2, 0) is 0 Å². The first-order chi connectivity index (χ1) is 28.6. The molecule has 0 aliphatic carbocycles. The smallest absolute Gasteiger partial charge is 0.161 e. The van der Waals surface area contributed by atoms with E-state index in [0.717, 1.165) is 38.5 Å². The van der Waals surface area contributed by atoms with E-state index in [-0.39, 0.29) is 17.0 Å². The second-order valence-electron chi connectivity index (χ2n) is 13.8. The summed E-state index contributed by atoms with van der Waals surface area (Å²) in [4.78, 5) is 9.72. The second kappa shape index (κ2) is 13.5. The Kier molecular flexibility index (Phi) is 7.84. The maximum atomic E-state index is 10.8. The van der Waals surface area contributed by atoms with Crippen LogP contribution in [-0.4, -0.2) is 19.1 Å². The van der Waals surface area contributed by atoms with Gasteiger partial charge in [0.2, 0.25) is 0 Å². The Bertz CT molecular complexity index is 3360. The standard InChI is InChI=1S/C50H26N8/c51-27-31-11-1-3-13-37(31)43-26-44(56-50(55-43)38-14-4-2-12-32(38)28-52)49-33(29-53)23-36(24-34(49)30-54)58-47-20-10-7-17-41(47)42-25-35(21-22-48(42)58)57-45-18-8-5-15-39(45)40-16-6-9-19-46(40)57/h1-26H. The van der Waals surface area contributed by atoms with E-state index >= 15 is 0 Å². The van der Waals surface area contributed by atoms with Gasteiger partial charge in [-0.15, -0.1) is 0 Å². The van der Waals surface area contributed by atoms with Crippen molar-refractivity contribution in [3.63, 3.8) is 0 Å². The molecule has 0 spiro atoms. The summed E-state index contributed by atoms with van der Waals surface area (Å²) in [5.74, 6) is 0.232. The van der Waals surface area contributed by atoms with Crippen molar-refractivity contribution in [2.75, 3.05) is 0 Å². The first-order valence-corrected chi connectivity index (χ1v) is 18.5. The van der Waals surface area contributed by atoms with Crippen molar-refractivity contribution in [2.24, 2.45) is 0 Å². The first kappa shape index (κ1) is 33.7. The lowest BCUT2D eigenvalue weighted by Gasteiger charge is -2.15. The third-order valence-electron chi connectivity index (χ3n) is 10.7. The normalized spacial score (nSPS) is 11.0. The minimum atomic E-state index is 0.232. The molecule has 7 aromatic carbocycles. The molecule has 58 heavy (non-hydrogen) atoms.